The molecule has 0 unspecified atom stereocenters. The highest BCUT2D eigenvalue weighted by Gasteiger charge is 2.28. The van der Waals surface area contributed by atoms with E-state index in [1.807, 2.05) is 67.8 Å². The molecule has 0 atom stereocenters. The molecule has 5 nitrogen and oxygen atoms in total. The minimum atomic E-state index is -0.611. The van der Waals surface area contributed by atoms with Gasteiger partial charge in [-0.25, -0.2) is 9.59 Å². The first-order valence-electron chi connectivity index (χ1n) is 4.42. The van der Waals surface area contributed by atoms with Crippen molar-refractivity contribution in [2.75, 3.05) is 14.2 Å². The molecular weight excluding hydrogens is 581 g/mol. The smallest absolute Gasteiger partial charge is 0.340 e. The topological polar surface area (TPSA) is 72.8 Å². The van der Waals surface area contributed by atoms with Crippen LogP contribution in [0, 0.1) is 10.7 Å². The van der Waals surface area contributed by atoms with Crippen LogP contribution in [0.4, 0.5) is 0 Å². The van der Waals surface area contributed by atoms with Gasteiger partial charge in [0, 0.05) is 3.57 Å². The third kappa shape index (κ3) is 2.84. The first-order valence-corrected chi connectivity index (χ1v) is 7.66. The lowest BCUT2D eigenvalue weighted by Gasteiger charge is -2.13. The molecule has 0 bridgehead atoms. The Kier molecular flexibility index (Phi) is 5.89. The fourth-order valence-electron chi connectivity index (χ4n) is 1.21. The van der Waals surface area contributed by atoms with Crippen LogP contribution in [0.25, 0.3) is 0 Å². The molecule has 98 valence electrons. The summed E-state index contributed by atoms with van der Waals surface area (Å²) >= 11 is 5.53. The van der Waals surface area contributed by atoms with E-state index in [4.69, 9.17) is 0 Å². The number of rotatable bonds is 2. The van der Waals surface area contributed by atoms with Crippen LogP contribution >= 0.6 is 67.8 Å². The Morgan fingerprint density at radius 2 is 1.22 bits per heavy atom. The van der Waals surface area contributed by atoms with Crippen molar-refractivity contribution in [1.29, 1.82) is 0 Å². The summed E-state index contributed by atoms with van der Waals surface area (Å²) in [5, 5.41) is 9.95. The summed E-state index contributed by atoms with van der Waals surface area (Å²) in [6.45, 7) is 0. The fourth-order valence-corrected chi connectivity index (χ4v) is 5.26. The molecule has 0 aliphatic carbocycles. The van der Waals surface area contributed by atoms with E-state index in [0.29, 0.717) is 10.7 Å². The minimum Gasteiger partial charge on any atom is -0.506 e. The number of carbonyl (C=O) groups is 2. The van der Waals surface area contributed by atoms with Crippen LogP contribution < -0.4 is 0 Å². The maximum atomic E-state index is 11.7. The van der Waals surface area contributed by atoms with Gasteiger partial charge in [-0.3, -0.25) is 0 Å². The number of phenolic OH excluding ortho intramolecular Hbond substituents is 1. The van der Waals surface area contributed by atoms with Crippen LogP contribution in [0.3, 0.4) is 0 Å². The second kappa shape index (κ2) is 6.54. The molecule has 1 aromatic carbocycles. The lowest BCUT2D eigenvalue weighted by atomic mass is 10.1. The Morgan fingerprint density at radius 1 is 0.889 bits per heavy atom. The number of hydrogen-bond acceptors (Lipinski definition) is 5. The van der Waals surface area contributed by atoms with Crippen molar-refractivity contribution in [3.05, 3.63) is 21.8 Å². The minimum absolute atomic E-state index is 0.127. The Balaban J connectivity index is 3.70. The quantitative estimate of drug-likeness (QED) is 0.426. The third-order valence-corrected chi connectivity index (χ3v) is 5.25. The molecule has 0 saturated heterocycles. The molecule has 0 aliphatic rings. The lowest BCUT2D eigenvalue weighted by molar-refractivity contribution is 0.0594. The van der Waals surface area contributed by atoms with E-state index in [2.05, 4.69) is 9.47 Å². The fraction of sp³-hybridized carbons (Fsp3) is 0.200. The second-order valence-corrected chi connectivity index (χ2v) is 6.26. The van der Waals surface area contributed by atoms with Crippen molar-refractivity contribution in [2.45, 2.75) is 0 Å². The summed E-state index contributed by atoms with van der Waals surface area (Å²) in [7, 11) is 2.47. The summed E-state index contributed by atoms with van der Waals surface area (Å²) in [6.07, 6.45) is 0. The number of phenols is 1. The highest BCUT2D eigenvalue weighted by Crippen LogP contribution is 2.36. The molecule has 1 aromatic rings. The van der Waals surface area contributed by atoms with Gasteiger partial charge in [0.05, 0.1) is 32.5 Å². The maximum Gasteiger partial charge on any atom is 0.340 e. The first kappa shape index (κ1) is 16.2. The standard InChI is InChI=1S/C10H7I3O5/c1-17-9(15)3-5(11)4(10(16)18-2)7(13)8(14)6(3)12/h14H,1-2H3. The molecule has 0 saturated carbocycles. The van der Waals surface area contributed by atoms with Crippen molar-refractivity contribution in [3.63, 3.8) is 0 Å². The van der Waals surface area contributed by atoms with Gasteiger partial charge in [-0.2, -0.15) is 0 Å². The van der Waals surface area contributed by atoms with Crippen molar-refractivity contribution in [2.24, 2.45) is 0 Å². The number of halogens is 3. The number of hydrogen-bond donors (Lipinski definition) is 1. The molecule has 8 heteroatoms. The van der Waals surface area contributed by atoms with Crippen LogP contribution in [0.15, 0.2) is 0 Å². The Bertz CT molecular complexity index is 484. The number of benzene rings is 1. The number of carbonyl (C=O) groups excluding carboxylic acids is 2. The molecule has 0 spiro atoms. The zero-order chi connectivity index (χ0) is 14.0. The van der Waals surface area contributed by atoms with E-state index in [9.17, 15) is 14.7 Å². The van der Waals surface area contributed by atoms with E-state index >= 15 is 0 Å². The highest BCUT2D eigenvalue weighted by molar-refractivity contribution is 14.1. The van der Waals surface area contributed by atoms with Gasteiger partial charge in [-0.15, -0.1) is 0 Å². The third-order valence-electron chi connectivity index (χ3n) is 2.07. The van der Waals surface area contributed by atoms with E-state index in [0.717, 1.165) is 0 Å². The lowest BCUT2D eigenvalue weighted by Crippen LogP contribution is -2.15. The second-order valence-electron chi connectivity index (χ2n) is 3.02. The maximum absolute atomic E-state index is 11.7. The Hall–Kier alpha value is 0.150. The summed E-state index contributed by atoms with van der Waals surface area (Å²) in [4.78, 5) is 23.4. The average molecular weight is 588 g/mol. The molecule has 1 rings (SSSR count). The number of methoxy groups -OCH3 is 2. The van der Waals surface area contributed by atoms with E-state index in [1.165, 1.54) is 14.2 Å². The summed E-state index contributed by atoms with van der Waals surface area (Å²) in [5.41, 5.74) is 0.328. The van der Waals surface area contributed by atoms with Crippen LogP contribution in [-0.2, 0) is 9.47 Å². The molecule has 0 heterocycles. The summed E-state index contributed by atoms with van der Waals surface area (Å²) in [6, 6.07) is 0. The van der Waals surface area contributed by atoms with Gasteiger partial charge in [0.2, 0.25) is 0 Å². The Labute approximate surface area is 144 Å². The molecule has 0 fully saturated rings. The average Bonchev–Trinajstić information content (AvgIpc) is 2.35. The van der Waals surface area contributed by atoms with Gasteiger partial charge in [-0.1, -0.05) is 0 Å². The molecule has 1 N–H and O–H groups in total. The summed E-state index contributed by atoms with van der Waals surface area (Å²) in [5.74, 6) is -1.35. The zero-order valence-corrected chi connectivity index (χ0v) is 15.7. The van der Waals surface area contributed by atoms with Gasteiger partial charge in [-0.05, 0) is 67.8 Å². The SMILES string of the molecule is COC(=O)c1c(I)c(O)c(I)c(C(=O)OC)c1I. The van der Waals surface area contributed by atoms with E-state index < -0.39 is 11.9 Å². The Morgan fingerprint density at radius 3 is 1.50 bits per heavy atom. The molecular formula is C10H7I3O5. The van der Waals surface area contributed by atoms with Crippen molar-refractivity contribution < 1.29 is 24.2 Å². The summed E-state index contributed by atoms with van der Waals surface area (Å²) < 4.78 is 10.4. The monoisotopic (exact) mass is 588 g/mol. The molecule has 0 aromatic heterocycles. The van der Waals surface area contributed by atoms with Gasteiger partial charge >= 0.3 is 11.9 Å². The van der Waals surface area contributed by atoms with Crippen molar-refractivity contribution in [3.8, 4) is 5.75 Å². The van der Waals surface area contributed by atoms with Gasteiger partial charge in [0.1, 0.15) is 5.75 Å². The predicted molar refractivity (Wildman–Crippen MR) is 88.9 cm³/mol. The first-order chi connectivity index (χ1) is 8.36. The number of aromatic hydroxyl groups is 1. The molecule has 18 heavy (non-hydrogen) atoms. The highest BCUT2D eigenvalue weighted by atomic mass is 127. The molecule has 0 aliphatic heterocycles. The van der Waals surface area contributed by atoms with Gasteiger partial charge in [0.25, 0.3) is 0 Å². The number of esters is 2. The van der Waals surface area contributed by atoms with Crippen LogP contribution in [0.2, 0.25) is 0 Å². The van der Waals surface area contributed by atoms with Gasteiger partial charge in [0.15, 0.2) is 0 Å². The van der Waals surface area contributed by atoms with E-state index in [1.54, 1.807) is 0 Å². The van der Waals surface area contributed by atoms with Crippen LogP contribution in [-0.4, -0.2) is 31.3 Å². The predicted octanol–water partition coefficient (Wildman–Crippen LogP) is 2.78. The molecule has 0 amide bonds. The normalized spacial score (nSPS) is 10.1. The van der Waals surface area contributed by atoms with Crippen molar-refractivity contribution in [1.82, 2.24) is 0 Å². The van der Waals surface area contributed by atoms with Crippen LogP contribution in [0.1, 0.15) is 20.7 Å². The zero-order valence-electron chi connectivity index (χ0n) is 9.21. The van der Waals surface area contributed by atoms with Crippen molar-refractivity contribution >= 4 is 79.7 Å². The number of ether oxygens (including phenoxy) is 2. The van der Waals surface area contributed by atoms with Gasteiger partial charge < -0.3 is 14.6 Å². The van der Waals surface area contributed by atoms with E-state index in [-0.39, 0.29) is 16.9 Å². The van der Waals surface area contributed by atoms with Crippen LogP contribution in [0.5, 0.6) is 5.75 Å². The largest absolute Gasteiger partial charge is 0.506 e. The molecule has 0 radical (unpaired) electrons.